The molecule has 2 N–H and O–H groups in total. The lowest BCUT2D eigenvalue weighted by Crippen LogP contribution is -2.25. The molecule has 1 aliphatic heterocycles. The minimum Gasteiger partial charge on any atom is -0.507 e. The van der Waals surface area contributed by atoms with E-state index < -0.39 is 0 Å². The van der Waals surface area contributed by atoms with Crippen LogP contribution in [-0.2, 0) is 19.5 Å². The number of phenolic OH excluding ortho intramolecular Hbond substituents is 1. The molecule has 2 heterocycles. The Kier molecular flexibility index (Phi) is 8.48. The summed E-state index contributed by atoms with van der Waals surface area (Å²) in [7, 11) is 0. The SMILES string of the molecule is CC.N#CCCCOc1ccc2c(c1)CN(C(=O)c1cc3c(CC4CCCCC4)n[nH]c3cc1O)C2. The molecule has 1 aromatic heterocycles. The highest BCUT2D eigenvalue weighted by molar-refractivity contribution is 6.01. The number of carbonyl (C=O) groups excluding carboxylic acids is 1. The fourth-order valence-corrected chi connectivity index (χ4v) is 5.21. The standard InChI is InChI=1S/C27H30N4O3.C2H6/c28-10-4-5-11-34-21-9-8-19-16-31(17-20(19)13-21)27(33)23-14-22-24(12-18-6-2-1-3-7-18)29-30-25(22)15-26(23)32;1-2/h8-9,13-15,18,32H,1-7,11-12,16-17H2,(H,29,30);1-2H3. The van der Waals surface area contributed by atoms with E-state index in [1.807, 2.05) is 32.0 Å². The Morgan fingerprint density at radius 2 is 1.94 bits per heavy atom. The Hall–Kier alpha value is -3.53. The molecule has 1 aliphatic carbocycles. The smallest absolute Gasteiger partial charge is 0.258 e. The number of amides is 1. The summed E-state index contributed by atoms with van der Waals surface area (Å²) >= 11 is 0. The van der Waals surface area contributed by atoms with Crippen LogP contribution in [0.4, 0.5) is 0 Å². The summed E-state index contributed by atoms with van der Waals surface area (Å²) in [5, 5.41) is 27.8. The number of phenols is 1. The maximum absolute atomic E-state index is 13.4. The van der Waals surface area contributed by atoms with E-state index in [9.17, 15) is 9.90 Å². The number of aromatic nitrogens is 2. The average molecular weight is 489 g/mol. The number of nitrogens with zero attached hydrogens (tertiary/aromatic N) is 3. The molecule has 36 heavy (non-hydrogen) atoms. The Labute approximate surface area is 213 Å². The molecule has 0 atom stereocenters. The summed E-state index contributed by atoms with van der Waals surface area (Å²) in [6.45, 7) is 5.47. The van der Waals surface area contributed by atoms with Gasteiger partial charge in [0.1, 0.15) is 11.5 Å². The number of fused-ring (bicyclic) bond motifs is 2. The van der Waals surface area contributed by atoms with Crippen LogP contribution in [0.1, 0.15) is 86.0 Å². The lowest BCUT2D eigenvalue weighted by atomic mass is 9.85. The van der Waals surface area contributed by atoms with Crippen LogP contribution < -0.4 is 4.74 Å². The first-order valence-electron chi connectivity index (χ1n) is 13.2. The fourth-order valence-electron chi connectivity index (χ4n) is 5.21. The molecular weight excluding hydrogens is 452 g/mol. The molecule has 1 fully saturated rings. The quantitative estimate of drug-likeness (QED) is 0.382. The first-order valence-corrected chi connectivity index (χ1v) is 13.2. The largest absolute Gasteiger partial charge is 0.507 e. The van der Waals surface area contributed by atoms with E-state index in [4.69, 9.17) is 10.00 Å². The molecular formula is C29H36N4O3. The zero-order valence-corrected chi connectivity index (χ0v) is 21.3. The molecule has 2 aliphatic rings. The Balaban J connectivity index is 0.00000148. The van der Waals surface area contributed by atoms with Crippen molar-refractivity contribution in [3.63, 3.8) is 0 Å². The van der Waals surface area contributed by atoms with Crippen molar-refractivity contribution in [3.05, 3.63) is 52.7 Å². The normalized spacial score (nSPS) is 15.2. The lowest BCUT2D eigenvalue weighted by molar-refractivity contribution is 0.0748. The molecule has 190 valence electrons. The molecule has 0 unspecified atom stereocenters. The van der Waals surface area contributed by atoms with Gasteiger partial charge in [-0.05, 0) is 48.1 Å². The van der Waals surface area contributed by atoms with E-state index in [-0.39, 0.29) is 11.7 Å². The van der Waals surface area contributed by atoms with Crippen molar-refractivity contribution in [3.8, 4) is 17.6 Å². The number of hydrogen-bond donors (Lipinski definition) is 2. The number of H-pyrrole nitrogens is 1. The number of benzene rings is 2. The third-order valence-corrected chi connectivity index (χ3v) is 7.08. The number of aromatic hydroxyl groups is 1. The third kappa shape index (κ3) is 5.64. The van der Waals surface area contributed by atoms with Gasteiger partial charge in [-0.2, -0.15) is 10.4 Å². The monoisotopic (exact) mass is 488 g/mol. The van der Waals surface area contributed by atoms with E-state index in [1.165, 1.54) is 32.1 Å². The minimum atomic E-state index is -0.183. The van der Waals surface area contributed by atoms with Crippen molar-refractivity contribution < 1.29 is 14.6 Å². The topological polar surface area (TPSA) is 102 Å². The number of nitriles is 1. The van der Waals surface area contributed by atoms with Crippen molar-refractivity contribution in [2.75, 3.05) is 6.61 Å². The number of nitrogens with one attached hydrogen (secondary N) is 1. The molecule has 3 aromatic rings. The van der Waals surface area contributed by atoms with Crippen LogP contribution in [0.15, 0.2) is 30.3 Å². The highest BCUT2D eigenvalue weighted by atomic mass is 16.5. The highest BCUT2D eigenvalue weighted by Gasteiger charge is 2.27. The van der Waals surface area contributed by atoms with E-state index in [0.717, 1.165) is 39.9 Å². The van der Waals surface area contributed by atoms with Crippen molar-refractivity contribution >= 4 is 16.8 Å². The Morgan fingerprint density at radius 1 is 1.17 bits per heavy atom. The number of aromatic amines is 1. The lowest BCUT2D eigenvalue weighted by Gasteiger charge is -2.20. The van der Waals surface area contributed by atoms with Gasteiger partial charge in [-0.3, -0.25) is 9.89 Å². The van der Waals surface area contributed by atoms with Gasteiger partial charge in [-0.15, -0.1) is 0 Å². The molecule has 0 spiro atoms. The summed E-state index contributed by atoms with van der Waals surface area (Å²) in [4.78, 5) is 15.2. The highest BCUT2D eigenvalue weighted by Crippen LogP contribution is 2.33. The van der Waals surface area contributed by atoms with Gasteiger partial charge >= 0.3 is 0 Å². The van der Waals surface area contributed by atoms with Crippen molar-refractivity contribution in [2.45, 2.75) is 78.3 Å². The van der Waals surface area contributed by atoms with Gasteiger partial charge in [0, 0.05) is 31.0 Å². The first-order chi connectivity index (χ1) is 17.6. The number of carbonyl (C=O) groups is 1. The van der Waals surface area contributed by atoms with Gasteiger partial charge in [0.15, 0.2) is 0 Å². The summed E-state index contributed by atoms with van der Waals surface area (Å²) in [5.74, 6) is 1.18. The molecule has 1 saturated carbocycles. The predicted octanol–water partition coefficient (Wildman–Crippen LogP) is 6.26. The Morgan fingerprint density at radius 3 is 2.72 bits per heavy atom. The van der Waals surface area contributed by atoms with E-state index in [2.05, 4.69) is 16.3 Å². The van der Waals surface area contributed by atoms with E-state index in [1.54, 1.807) is 17.0 Å². The number of hydrogen-bond acceptors (Lipinski definition) is 5. The summed E-state index contributed by atoms with van der Waals surface area (Å²) in [6.07, 6.45) is 8.40. The number of ether oxygens (including phenoxy) is 1. The summed E-state index contributed by atoms with van der Waals surface area (Å²) in [5.41, 5.74) is 4.20. The van der Waals surface area contributed by atoms with Gasteiger partial charge < -0.3 is 14.7 Å². The Bertz CT molecular complexity index is 1240. The number of rotatable bonds is 7. The molecule has 7 nitrogen and oxygen atoms in total. The minimum absolute atomic E-state index is 0.0252. The molecule has 7 heteroatoms. The maximum atomic E-state index is 13.4. The van der Waals surface area contributed by atoms with Crippen molar-refractivity contribution in [2.24, 2.45) is 5.92 Å². The molecule has 5 rings (SSSR count). The zero-order valence-electron chi connectivity index (χ0n) is 21.3. The summed E-state index contributed by atoms with van der Waals surface area (Å²) in [6, 6.07) is 11.4. The van der Waals surface area contributed by atoms with Crippen LogP contribution in [-0.4, -0.2) is 32.7 Å². The van der Waals surface area contributed by atoms with Crippen LogP contribution in [0.2, 0.25) is 0 Å². The van der Waals surface area contributed by atoms with Gasteiger partial charge in [0.2, 0.25) is 0 Å². The van der Waals surface area contributed by atoms with Gasteiger partial charge in [-0.25, -0.2) is 0 Å². The fraction of sp³-hybridized carbons (Fsp3) is 0.483. The zero-order chi connectivity index (χ0) is 25.5. The van der Waals surface area contributed by atoms with E-state index in [0.29, 0.717) is 44.0 Å². The first kappa shape index (κ1) is 25.6. The van der Waals surface area contributed by atoms with Crippen LogP contribution in [0.25, 0.3) is 10.9 Å². The second-order valence-electron chi connectivity index (χ2n) is 9.50. The van der Waals surface area contributed by atoms with Gasteiger partial charge in [0.05, 0.1) is 29.5 Å². The van der Waals surface area contributed by atoms with Crippen molar-refractivity contribution in [1.29, 1.82) is 5.26 Å². The second-order valence-corrected chi connectivity index (χ2v) is 9.50. The molecule has 2 aromatic carbocycles. The van der Waals surface area contributed by atoms with Crippen LogP contribution >= 0.6 is 0 Å². The molecule has 1 amide bonds. The number of unbranched alkanes of at least 4 members (excludes halogenated alkanes) is 1. The van der Waals surface area contributed by atoms with Crippen LogP contribution in [0.5, 0.6) is 11.5 Å². The maximum Gasteiger partial charge on any atom is 0.258 e. The summed E-state index contributed by atoms with van der Waals surface area (Å²) < 4.78 is 5.74. The molecule has 0 saturated heterocycles. The average Bonchev–Trinajstić information content (AvgIpc) is 3.51. The van der Waals surface area contributed by atoms with Gasteiger partial charge in [-0.1, -0.05) is 52.0 Å². The van der Waals surface area contributed by atoms with Crippen LogP contribution in [0, 0.1) is 17.2 Å². The molecule has 0 bridgehead atoms. The third-order valence-electron chi connectivity index (χ3n) is 7.08. The van der Waals surface area contributed by atoms with Crippen molar-refractivity contribution in [1.82, 2.24) is 15.1 Å². The van der Waals surface area contributed by atoms with E-state index >= 15 is 0 Å². The van der Waals surface area contributed by atoms with Crippen LogP contribution in [0.3, 0.4) is 0 Å². The second kappa shape index (κ2) is 11.9. The van der Waals surface area contributed by atoms with Gasteiger partial charge in [0.25, 0.3) is 5.91 Å². The molecule has 0 radical (unpaired) electrons. The predicted molar refractivity (Wildman–Crippen MR) is 140 cm³/mol.